The van der Waals surface area contributed by atoms with Crippen molar-refractivity contribution in [2.24, 2.45) is 4.99 Å². The van der Waals surface area contributed by atoms with Crippen molar-refractivity contribution in [2.75, 3.05) is 27.4 Å². The van der Waals surface area contributed by atoms with Crippen LogP contribution in [0.2, 0.25) is 0 Å². The van der Waals surface area contributed by atoms with Crippen LogP contribution in [-0.2, 0) is 20.0 Å². The molecule has 0 radical (unpaired) electrons. The van der Waals surface area contributed by atoms with E-state index in [1.807, 2.05) is 78.9 Å². The lowest BCUT2D eigenvalue weighted by atomic mass is 10.0. The average Bonchev–Trinajstić information content (AvgIpc) is 2.87. The summed E-state index contributed by atoms with van der Waals surface area (Å²) in [5.41, 5.74) is 3.45. The van der Waals surface area contributed by atoms with Gasteiger partial charge in [0, 0.05) is 17.5 Å². The first-order valence-corrected chi connectivity index (χ1v) is 12.9. The van der Waals surface area contributed by atoms with Crippen molar-refractivity contribution in [1.29, 1.82) is 0 Å². The monoisotopic (exact) mass is 481 g/mol. The smallest absolute Gasteiger partial charge is 0.355 e. The zero-order valence-corrected chi connectivity index (χ0v) is 21.0. The first-order valence-electron chi connectivity index (χ1n) is 11.3. The molecule has 0 saturated carbocycles. The maximum absolute atomic E-state index is 14.0. The Hall–Kier alpha value is -2.92. The van der Waals surface area contributed by atoms with Crippen LogP contribution in [0.4, 0.5) is 0 Å². The molecule has 0 bridgehead atoms. The summed E-state index contributed by atoms with van der Waals surface area (Å²) in [6.45, 7) is 4.11. The van der Waals surface area contributed by atoms with E-state index in [4.69, 9.17) is 23.5 Å². The van der Waals surface area contributed by atoms with Crippen molar-refractivity contribution in [3.8, 4) is 11.5 Å². The molecule has 3 aromatic rings. The molecule has 0 aromatic heterocycles. The first-order chi connectivity index (χ1) is 16.5. The van der Waals surface area contributed by atoms with E-state index in [9.17, 15) is 4.57 Å². The minimum absolute atomic E-state index is 0.251. The summed E-state index contributed by atoms with van der Waals surface area (Å²) in [4.78, 5) is 5.05. The van der Waals surface area contributed by atoms with E-state index in [2.05, 4.69) is 0 Å². The molecule has 0 unspecified atom stereocenters. The Labute approximate surface area is 202 Å². The number of hydrogen-bond donors (Lipinski definition) is 0. The summed E-state index contributed by atoms with van der Waals surface area (Å²) in [7, 11) is -0.411. The van der Waals surface area contributed by atoms with Crippen LogP contribution in [0.1, 0.15) is 30.5 Å². The molecule has 0 aliphatic rings. The highest BCUT2D eigenvalue weighted by atomic mass is 31.2. The van der Waals surface area contributed by atoms with Gasteiger partial charge in [-0.1, -0.05) is 66.7 Å². The van der Waals surface area contributed by atoms with Gasteiger partial charge in [-0.05, 0) is 31.5 Å². The molecule has 0 spiro atoms. The quantitative estimate of drug-likeness (QED) is 0.222. The van der Waals surface area contributed by atoms with Crippen molar-refractivity contribution in [3.05, 3.63) is 95.6 Å². The SMILES string of the molecule is CCOP(=O)(OCC)[C@@H](Cc1ccc(OC)c(OC)c1)N=C(c1ccccc1)c1ccccc1. The zero-order chi connectivity index (χ0) is 24.4. The van der Waals surface area contributed by atoms with E-state index in [1.54, 1.807) is 28.1 Å². The van der Waals surface area contributed by atoms with Gasteiger partial charge < -0.3 is 18.5 Å². The molecular formula is C27H32NO5P. The van der Waals surface area contributed by atoms with Crippen LogP contribution in [0.3, 0.4) is 0 Å². The predicted molar refractivity (Wildman–Crippen MR) is 136 cm³/mol. The lowest BCUT2D eigenvalue weighted by Crippen LogP contribution is -2.18. The van der Waals surface area contributed by atoms with Crippen LogP contribution >= 0.6 is 7.60 Å². The third kappa shape index (κ3) is 6.35. The lowest BCUT2D eigenvalue weighted by molar-refractivity contribution is 0.212. The molecule has 7 heteroatoms. The van der Waals surface area contributed by atoms with Gasteiger partial charge >= 0.3 is 7.60 Å². The maximum atomic E-state index is 14.0. The fourth-order valence-corrected chi connectivity index (χ4v) is 5.50. The fraction of sp³-hybridized carbons (Fsp3) is 0.296. The third-order valence-corrected chi connectivity index (χ3v) is 7.49. The summed E-state index contributed by atoms with van der Waals surface area (Å²) >= 11 is 0. The normalized spacial score (nSPS) is 12.1. The highest BCUT2D eigenvalue weighted by Crippen LogP contribution is 2.55. The molecule has 0 fully saturated rings. The van der Waals surface area contributed by atoms with Gasteiger partial charge in [-0.3, -0.25) is 9.56 Å². The van der Waals surface area contributed by atoms with E-state index < -0.39 is 13.4 Å². The Kier molecular flexibility index (Phi) is 9.46. The number of benzene rings is 3. The molecule has 0 aliphatic heterocycles. The van der Waals surface area contributed by atoms with Gasteiger partial charge in [-0.15, -0.1) is 0 Å². The van der Waals surface area contributed by atoms with Gasteiger partial charge in [0.1, 0.15) is 0 Å². The molecule has 34 heavy (non-hydrogen) atoms. The van der Waals surface area contributed by atoms with Crippen molar-refractivity contribution in [2.45, 2.75) is 26.1 Å². The first kappa shape index (κ1) is 25.7. The Balaban J connectivity index is 2.15. The maximum Gasteiger partial charge on any atom is 0.355 e. The average molecular weight is 482 g/mol. The second-order valence-electron chi connectivity index (χ2n) is 7.46. The Morgan fingerprint density at radius 3 is 1.79 bits per heavy atom. The molecule has 180 valence electrons. The van der Waals surface area contributed by atoms with Crippen molar-refractivity contribution < 1.29 is 23.1 Å². The molecule has 0 N–H and O–H groups in total. The molecule has 1 atom stereocenters. The van der Waals surface area contributed by atoms with E-state index in [-0.39, 0.29) is 13.2 Å². The van der Waals surface area contributed by atoms with Crippen molar-refractivity contribution in [1.82, 2.24) is 0 Å². The Bertz CT molecular complexity index is 1070. The number of nitrogens with zero attached hydrogens (tertiary/aromatic N) is 1. The van der Waals surface area contributed by atoms with Crippen LogP contribution < -0.4 is 9.47 Å². The zero-order valence-electron chi connectivity index (χ0n) is 20.1. The summed E-state index contributed by atoms with van der Waals surface area (Å²) in [6, 6.07) is 25.3. The van der Waals surface area contributed by atoms with E-state index >= 15 is 0 Å². The minimum Gasteiger partial charge on any atom is -0.493 e. The molecule has 3 aromatic carbocycles. The van der Waals surface area contributed by atoms with Gasteiger partial charge in [0.15, 0.2) is 17.3 Å². The van der Waals surface area contributed by atoms with Crippen LogP contribution in [-0.4, -0.2) is 38.9 Å². The van der Waals surface area contributed by atoms with Crippen LogP contribution in [0.15, 0.2) is 83.9 Å². The number of methoxy groups -OCH3 is 2. The fourth-order valence-electron chi connectivity index (χ4n) is 3.67. The minimum atomic E-state index is -3.59. The second-order valence-corrected chi connectivity index (χ2v) is 9.65. The number of rotatable bonds is 12. The Morgan fingerprint density at radius 1 is 0.794 bits per heavy atom. The van der Waals surface area contributed by atoms with E-state index in [0.29, 0.717) is 17.9 Å². The summed E-state index contributed by atoms with van der Waals surface area (Å²) in [5, 5.41) is 0. The van der Waals surface area contributed by atoms with Gasteiger partial charge in [0.2, 0.25) is 0 Å². The second kappa shape index (κ2) is 12.5. The number of ether oxygens (including phenoxy) is 2. The molecule has 0 saturated heterocycles. The molecule has 0 aliphatic carbocycles. The van der Waals surface area contributed by atoms with Crippen LogP contribution in [0, 0.1) is 0 Å². The molecule has 0 amide bonds. The summed E-state index contributed by atoms with van der Waals surface area (Å²) in [6.07, 6.45) is 0.334. The largest absolute Gasteiger partial charge is 0.493 e. The Morgan fingerprint density at radius 2 is 1.32 bits per heavy atom. The topological polar surface area (TPSA) is 66.4 Å². The van der Waals surface area contributed by atoms with Gasteiger partial charge in [0.25, 0.3) is 0 Å². The van der Waals surface area contributed by atoms with Gasteiger partial charge in [-0.25, -0.2) is 0 Å². The molecule has 3 rings (SSSR count). The molecular weight excluding hydrogens is 449 g/mol. The van der Waals surface area contributed by atoms with Gasteiger partial charge in [-0.2, -0.15) is 0 Å². The highest BCUT2D eigenvalue weighted by molar-refractivity contribution is 7.54. The summed E-state index contributed by atoms with van der Waals surface area (Å²) in [5.74, 6) is 0.455. The predicted octanol–water partition coefficient (Wildman–Crippen LogP) is 6.38. The van der Waals surface area contributed by atoms with Crippen LogP contribution in [0.5, 0.6) is 11.5 Å². The molecule has 0 heterocycles. The van der Waals surface area contributed by atoms with Gasteiger partial charge in [0.05, 0.1) is 33.1 Å². The third-order valence-electron chi connectivity index (χ3n) is 5.22. The standard InChI is InChI=1S/C27H32NO5P/c1-5-32-34(29,33-6-2)26(20-21-17-18-24(30-3)25(19-21)31-4)28-27(22-13-9-7-10-14-22)23-15-11-8-12-16-23/h7-19,26H,5-6,20H2,1-4H3/t26-/m0/s1. The summed E-state index contributed by atoms with van der Waals surface area (Å²) < 4.78 is 36.3. The lowest BCUT2D eigenvalue weighted by Gasteiger charge is -2.25. The number of aliphatic imine (C=N–C) groups is 1. The number of hydrogen-bond acceptors (Lipinski definition) is 6. The van der Waals surface area contributed by atoms with Crippen molar-refractivity contribution in [3.63, 3.8) is 0 Å². The van der Waals surface area contributed by atoms with Crippen LogP contribution in [0.25, 0.3) is 0 Å². The van der Waals surface area contributed by atoms with E-state index in [0.717, 1.165) is 22.4 Å². The van der Waals surface area contributed by atoms with E-state index in [1.165, 1.54) is 0 Å². The highest BCUT2D eigenvalue weighted by Gasteiger charge is 2.36. The van der Waals surface area contributed by atoms with Crippen molar-refractivity contribution >= 4 is 13.3 Å². The molecule has 6 nitrogen and oxygen atoms in total.